The highest BCUT2D eigenvalue weighted by atomic mass is 79.9. The van der Waals surface area contributed by atoms with E-state index >= 15 is 0 Å². The molecule has 4 nitrogen and oxygen atoms in total. The maximum atomic E-state index is 13.0. The Kier molecular flexibility index (Phi) is 3.79. The van der Waals surface area contributed by atoms with Crippen molar-refractivity contribution in [3.8, 4) is 5.69 Å². The fraction of sp³-hybridized carbons (Fsp3) is 0.0909. The molecule has 0 saturated carbocycles. The lowest BCUT2D eigenvalue weighted by molar-refractivity contribution is -0.137. The van der Waals surface area contributed by atoms with E-state index in [2.05, 4.69) is 20.9 Å². The normalized spacial score (nSPS) is 11.7. The van der Waals surface area contributed by atoms with E-state index in [1.807, 2.05) is 0 Å². The van der Waals surface area contributed by atoms with Crippen molar-refractivity contribution in [3.63, 3.8) is 0 Å². The van der Waals surface area contributed by atoms with E-state index in [1.54, 1.807) is 0 Å². The number of alkyl halides is 3. The highest BCUT2D eigenvalue weighted by Gasteiger charge is 2.34. The summed E-state index contributed by atoms with van der Waals surface area (Å²) in [5.74, 6) is 0. The number of aromatic amines is 1. The largest absolute Gasteiger partial charge is 0.418 e. The van der Waals surface area contributed by atoms with Crippen LogP contribution in [0.3, 0.4) is 0 Å². The van der Waals surface area contributed by atoms with Crippen LogP contribution in [-0.2, 0) is 6.18 Å². The minimum atomic E-state index is -4.72. The van der Waals surface area contributed by atoms with Gasteiger partial charge in [-0.25, -0.2) is 9.36 Å². The molecular formula is C11H5BrClF3N2O2. The van der Waals surface area contributed by atoms with Crippen LogP contribution in [0.15, 0.2) is 38.3 Å². The summed E-state index contributed by atoms with van der Waals surface area (Å²) in [5.41, 5.74) is -3.67. The Balaban J connectivity index is 2.85. The van der Waals surface area contributed by atoms with Gasteiger partial charge in [0.25, 0.3) is 5.56 Å². The van der Waals surface area contributed by atoms with Gasteiger partial charge in [0.2, 0.25) is 0 Å². The molecule has 0 bridgehead atoms. The second-order valence-corrected chi connectivity index (χ2v) is 5.08. The maximum Gasteiger partial charge on any atom is 0.418 e. The van der Waals surface area contributed by atoms with Gasteiger partial charge in [0.1, 0.15) is 5.15 Å². The van der Waals surface area contributed by atoms with Gasteiger partial charge in [-0.05, 0) is 18.2 Å². The number of nitrogens with one attached hydrogen (secondary N) is 1. The molecule has 1 aromatic carbocycles. The summed E-state index contributed by atoms with van der Waals surface area (Å²) in [7, 11) is 0. The van der Waals surface area contributed by atoms with Gasteiger partial charge in [-0.15, -0.1) is 0 Å². The first kappa shape index (κ1) is 14.9. The molecule has 0 atom stereocenters. The minimum absolute atomic E-state index is 0.173. The van der Waals surface area contributed by atoms with Crippen LogP contribution in [-0.4, -0.2) is 9.55 Å². The van der Waals surface area contributed by atoms with Crippen molar-refractivity contribution in [3.05, 3.63) is 60.3 Å². The Labute approximate surface area is 122 Å². The predicted octanol–water partition coefficient (Wildman–Crippen LogP) is 2.96. The third-order valence-electron chi connectivity index (χ3n) is 2.40. The molecule has 0 aliphatic rings. The average Bonchev–Trinajstić information content (AvgIpc) is 2.28. The molecule has 2 aromatic rings. The first-order valence-electron chi connectivity index (χ1n) is 5.09. The number of benzene rings is 1. The second-order valence-electron chi connectivity index (χ2n) is 3.76. The Morgan fingerprint density at radius 1 is 1.20 bits per heavy atom. The van der Waals surface area contributed by atoms with E-state index in [4.69, 9.17) is 11.6 Å². The molecule has 0 unspecified atom stereocenters. The lowest BCUT2D eigenvalue weighted by Gasteiger charge is -2.14. The van der Waals surface area contributed by atoms with Gasteiger partial charge in [-0.1, -0.05) is 27.5 Å². The van der Waals surface area contributed by atoms with Crippen molar-refractivity contribution in [2.24, 2.45) is 0 Å². The molecule has 0 radical (unpaired) electrons. The molecule has 0 fully saturated rings. The molecule has 20 heavy (non-hydrogen) atoms. The SMILES string of the molecule is O=c1cc(Cl)[nH]c(=O)n1-c1ccc(Br)cc1C(F)(F)F. The number of halogens is 5. The van der Waals surface area contributed by atoms with Gasteiger partial charge >= 0.3 is 11.9 Å². The highest BCUT2D eigenvalue weighted by Crippen LogP contribution is 2.34. The van der Waals surface area contributed by atoms with Crippen LogP contribution in [0.1, 0.15) is 5.56 Å². The van der Waals surface area contributed by atoms with Gasteiger partial charge in [0.15, 0.2) is 0 Å². The van der Waals surface area contributed by atoms with Crippen LogP contribution in [0.2, 0.25) is 5.15 Å². The van der Waals surface area contributed by atoms with Crippen LogP contribution in [0, 0.1) is 0 Å². The fourth-order valence-corrected chi connectivity index (χ4v) is 2.16. The van der Waals surface area contributed by atoms with Gasteiger partial charge in [0.05, 0.1) is 11.3 Å². The first-order valence-corrected chi connectivity index (χ1v) is 6.26. The number of aromatic nitrogens is 2. The van der Waals surface area contributed by atoms with Crippen molar-refractivity contribution >= 4 is 27.5 Å². The summed E-state index contributed by atoms with van der Waals surface area (Å²) in [6, 6.07) is 3.93. The van der Waals surface area contributed by atoms with E-state index in [0.717, 1.165) is 18.2 Å². The van der Waals surface area contributed by atoms with Crippen molar-refractivity contribution < 1.29 is 13.2 Å². The van der Waals surface area contributed by atoms with Crippen LogP contribution in [0.4, 0.5) is 13.2 Å². The first-order chi connectivity index (χ1) is 9.20. The standard InChI is InChI=1S/C11H5BrClF3N2O2/c12-5-1-2-7(6(3-5)11(14,15)16)18-9(19)4-8(13)17-10(18)20/h1-4H,(H,17,20). The zero-order valence-corrected chi connectivity index (χ0v) is 11.8. The molecule has 1 aromatic heterocycles. The molecule has 9 heteroatoms. The summed E-state index contributed by atoms with van der Waals surface area (Å²) in [4.78, 5) is 25.4. The van der Waals surface area contributed by atoms with Crippen molar-refractivity contribution in [2.75, 3.05) is 0 Å². The molecule has 0 spiro atoms. The summed E-state index contributed by atoms with van der Waals surface area (Å²) >= 11 is 8.38. The molecule has 0 amide bonds. The Morgan fingerprint density at radius 3 is 2.40 bits per heavy atom. The van der Waals surface area contributed by atoms with Gasteiger partial charge in [-0.2, -0.15) is 13.2 Å². The Hall–Kier alpha value is -1.54. The third-order valence-corrected chi connectivity index (χ3v) is 3.10. The molecular weight excluding hydrogens is 364 g/mol. The van der Waals surface area contributed by atoms with Gasteiger partial charge in [-0.3, -0.25) is 9.78 Å². The van der Waals surface area contributed by atoms with E-state index in [-0.39, 0.29) is 9.63 Å². The topological polar surface area (TPSA) is 54.9 Å². The number of H-pyrrole nitrogens is 1. The lowest BCUT2D eigenvalue weighted by Crippen LogP contribution is -2.34. The third kappa shape index (κ3) is 2.80. The predicted molar refractivity (Wildman–Crippen MR) is 70.4 cm³/mol. The fourth-order valence-electron chi connectivity index (χ4n) is 1.63. The summed E-state index contributed by atoms with van der Waals surface area (Å²) < 4.78 is 39.5. The minimum Gasteiger partial charge on any atom is -0.297 e. The smallest absolute Gasteiger partial charge is 0.297 e. The monoisotopic (exact) mass is 368 g/mol. The molecule has 106 valence electrons. The number of hydrogen-bond acceptors (Lipinski definition) is 2. The molecule has 0 aliphatic heterocycles. The van der Waals surface area contributed by atoms with Crippen molar-refractivity contribution in [2.45, 2.75) is 6.18 Å². The number of hydrogen-bond donors (Lipinski definition) is 1. The van der Waals surface area contributed by atoms with Crippen LogP contribution in [0.5, 0.6) is 0 Å². The average molecular weight is 370 g/mol. The summed E-state index contributed by atoms with van der Waals surface area (Å²) in [6.45, 7) is 0. The quantitative estimate of drug-likeness (QED) is 0.786. The van der Waals surface area contributed by atoms with Crippen LogP contribution in [0.25, 0.3) is 5.69 Å². The van der Waals surface area contributed by atoms with E-state index in [1.165, 1.54) is 6.07 Å². The van der Waals surface area contributed by atoms with Crippen molar-refractivity contribution in [1.29, 1.82) is 0 Å². The van der Waals surface area contributed by atoms with Crippen molar-refractivity contribution in [1.82, 2.24) is 9.55 Å². The second kappa shape index (κ2) is 5.10. The van der Waals surface area contributed by atoms with Crippen LogP contribution < -0.4 is 11.2 Å². The maximum absolute atomic E-state index is 13.0. The molecule has 1 N–H and O–H groups in total. The highest BCUT2D eigenvalue weighted by molar-refractivity contribution is 9.10. The van der Waals surface area contributed by atoms with Gasteiger partial charge < -0.3 is 0 Å². The molecule has 1 heterocycles. The summed E-state index contributed by atoms with van der Waals surface area (Å²) in [5, 5.41) is -0.248. The molecule has 0 aliphatic carbocycles. The zero-order chi connectivity index (χ0) is 15.1. The molecule has 2 rings (SSSR count). The summed E-state index contributed by atoms with van der Waals surface area (Å²) in [6.07, 6.45) is -4.72. The number of nitrogens with zero attached hydrogens (tertiary/aromatic N) is 1. The van der Waals surface area contributed by atoms with E-state index < -0.39 is 28.7 Å². The lowest BCUT2D eigenvalue weighted by atomic mass is 10.1. The zero-order valence-electron chi connectivity index (χ0n) is 9.46. The van der Waals surface area contributed by atoms with Crippen LogP contribution >= 0.6 is 27.5 Å². The van der Waals surface area contributed by atoms with E-state index in [9.17, 15) is 22.8 Å². The van der Waals surface area contributed by atoms with Gasteiger partial charge in [0, 0.05) is 10.5 Å². The number of rotatable bonds is 1. The molecule has 0 saturated heterocycles. The Bertz CT molecular complexity index is 751. The Morgan fingerprint density at radius 2 is 1.85 bits per heavy atom. The van der Waals surface area contributed by atoms with E-state index in [0.29, 0.717) is 4.57 Å².